The van der Waals surface area contributed by atoms with E-state index in [1.54, 1.807) is 18.8 Å². The van der Waals surface area contributed by atoms with Crippen molar-refractivity contribution in [2.45, 2.75) is 50.0 Å². The van der Waals surface area contributed by atoms with Gasteiger partial charge in [0.05, 0.1) is 35.6 Å². The molecule has 0 aromatic carbocycles. The first kappa shape index (κ1) is 29.8. The van der Waals surface area contributed by atoms with Crippen LogP contribution >= 0.6 is 23.4 Å². The molecule has 0 radical (unpaired) electrons. The lowest BCUT2D eigenvalue weighted by Crippen LogP contribution is -2.27. The second kappa shape index (κ2) is 11.5. The predicted molar refractivity (Wildman–Crippen MR) is 153 cm³/mol. The Morgan fingerprint density at radius 1 is 1.26 bits per heavy atom. The van der Waals surface area contributed by atoms with Crippen molar-refractivity contribution in [1.82, 2.24) is 29.6 Å². The monoisotopic (exact) mass is 620 g/mol. The number of amides is 1. The van der Waals surface area contributed by atoms with E-state index in [0.717, 1.165) is 5.56 Å². The Morgan fingerprint density at radius 3 is 2.69 bits per heavy atom. The molecule has 1 atom stereocenters. The summed E-state index contributed by atoms with van der Waals surface area (Å²) in [6.45, 7) is 2.94. The number of aromatic nitrogens is 5. The fraction of sp³-hybridized carbons (Fsp3) is 0.444. The van der Waals surface area contributed by atoms with Crippen LogP contribution in [0.5, 0.6) is 6.01 Å². The van der Waals surface area contributed by atoms with Crippen LogP contribution in [-0.2, 0) is 31.4 Å². The van der Waals surface area contributed by atoms with Gasteiger partial charge in [-0.25, -0.2) is 4.98 Å². The molecule has 0 spiro atoms. The summed E-state index contributed by atoms with van der Waals surface area (Å²) >= 11 is 8.01. The smallest absolute Gasteiger partial charge is 0.419 e. The van der Waals surface area contributed by atoms with Gasteiger partial charge in [-0.15, -0.1) is 11.8 Å². The Morgan fingerprint density at radius 2 is 2.02 bits per heavy atom. The highest BCUT2D eigenvalue weighted by molar-refractivity contribution is 7.98. The first-order valence-electron chi connectivity index (χ1n) is 13.0. The molecule has 0 aliphatic carbocycles. The Bertz CT molecular complexity index is 1620. The Balaban J connectivity index is 1.54. The summed E-state index contributed by atoms with van der Waals surface area (Å²) in [5, 5.41) is 4.14. The maximum absolute atomic E-state index is 14.3. The summed E-state index contributed by atoms with van der Waals surface area (Å²) in [5.74, 6) is 5.60. The van der Waals surface area contributed by atoms with Crippen LogP contribution in [0.3, 0.4) is 0 Å². The number of hydrogen-bond donors (Lipinski definition) is 1. The first-order valence-corrected chi connectivity index (χ1v) is 14.4. The van der Waals surface area contributed by atoms with Gasteiger partial charge < -0.3 is 20.3 Å². The van der Waals surface area contributed by atoms with Crippen LogP contribution < -0.4 is 15.4 Å². The molecular weight excluding hydrogens is 593 g/mol. The summed E-state index contributed by atoms with van der Waals surface area (Å²) in [7, 11) is 4.71. The maximum atomic E-state index is 14.3. The molecule has 42 heavy (non-hydrogen) atoms. The van der Waals surface area contributed by atoms with Crippen molar-refractivity contribution in [1.29, 1.82) is 0 Å². The number of anilines is 2. The number of alkyl halides is 3. The molecule has 15 heteroatoms. The molecule has 3 aromatic rings. The fourth-order valence-electron chi connectivity index (χ4n) is 5.14. The summed E-state index contributed by atoms with van der Waals surface area (Å²) in [5.41, 5.74) is 6.92. The number of thioether (sulfide) groups is 1. The van der Waals surface area contributed by atoms with Crippen molar-refractivity contribution >= 4 is 40.9 Å². The molecule has 1 amide bonds. The molecular formula is C27H28ClF3N8O2S. The Hall–Kier alpha value is -3.70. The van der Waals surface area contributed by atoms with Crippen LogP contribution in [-0.4, -0.2) is 63.3 Å². The molecule has 2 aliphatic heterocycles. The number of nitrogens with zero attached hydrogens (tertiary/aromatic N) is 7. The maximum Gasteiger partial charge on any atom is 0.419 e. The van der Waals surface area contributed by atoms with E-state index in [4.69, 9.17) is 22.1 Å². The van der Waals surface area contributed by atoms with E-state index in [-0.39, 0.29) is 40.4 Å². The topological polar surface area (TPSA) is 115 Å². The van der Waals surface area contributed by atoms with Crippen LogP contribution in [0.4, 0.5) is 24.8 Å². The number of ether oxygens (including phenoxy) is 1. The molecule has 0 saturated heterocycles. The minimum atomic E-state index is -4.67. The number of nitrogen functional groups attached to an aromatic ring is 1. The molecule has 5 heterocycles. The van der Waals surface area contributed by atoms with Crippen molar-refractivity contribution in [2.24, 2.45) is 0 Å². The van der Waals surface area contributed by atoms with E-state index >= 15 is 0 Å². The highest BCUT2D eigenvalue weighted by Crippen LogP contribution is 2.48. The third-order valence-electron chi connectivity index (χ3n) is 7.02. The lowest BCUT2D eigenvalue weighted by Gasteiger charge is -2.31. The van der Waals surface area contributed by atoms with Crippen LogP contribution in [0.2, 0.25) is 5.02 Å². The van der Waals surface area contributed by atoms with Gasteiger partial charge in [-0.1, -0.05) is 17.5 Å². The van der Waals surface area contributed by atoms with Gasteiger partial charge in [0, 0.05) is 50.2 Å². The number of hydrogen-bond acceptors (Lipinski definition) is 9. The second-order valence-electron chi connectivity index (χ2n) is 10.0. The number of rotatable bonds is 4. The standard InChI is InChI=1S/C27H28ClF3N8O2S/c1-5-7-16-21(27(29,30)31)14(10-20(32)33-16)19-11-17-15(13-42-19)24(35-26(34-17)41-4)38-8-6-9-39-18(12-38)22(28)23(36-39)25(40)37(2)3/h10,19H,6,8-9,11-13H2,1-4H3,(H2,32,33). The SMILES string of the molecule is CC#Cc1nc(N)cc(C2Cc3nc(OC)nc(N4CCCn5nc(C(=O)N(C)C)c(Cl)c5C4)c3CS2)c1C(F)(F)F. The van der Waals surface area contributed by atoms with Gasteiger partial charge in [-0.3, -0.25) is 9.48 Å². The Kier molecular flexibility index (Phi) is 8.17. The number of aryl methyl sites for hydroxylation is 1. The number of carbonyl (C=O) groups excluding carboxylic acids is 1. The number of carbonyl (C=O) groups is 1. The number of nitrogens with two attached hydrogens (primary N) is 1. The van der Waals surface area contributed by atoms with Crippen LogP contribution in [0.25, 0.3) is 0 Å². The average Bonchev–Trinajstić information content (AvgIpc) is 3.10. The quantitative estimate of drug-likeness (QED) is 0.425. The Labute approximate surface area is 249 Å². The van der Waals surface area contributed by atoms with Crippen molar-refractivity contribution in [3.05, 3.63) is 50.6 Å². The molecule has 222 valence electrons. The van der Waals surface area contributed by atoms with Crippen LogP contribution in [0.15, 0.2) is 6.07 Å². The third kappa shape index (κ3) is 5.55. The highest BCUT2D eigenvalue weighted by atomic mass is 35.5. The molecule has 2 aliphatic rings. The summed E-state index contributed by atoms with van der Waals surface area (Å²) < 4.78 is 50.0. The van der Waals surface area contributed by atoms with Gasteiger partial charge in [-0.2, -0.15) is 28.2 Å². The first-order chi connectivity index (χ1) is 19.9. The zero-order chi connectivity index (χ0) is 30.3. The van der Waals surface area contributed by atoms with Crippen LogP contribution in [0.1, 0.15) is 62.9 Å². The van der Waals surface area contributed by atoms with Crippen molar-refractivity contribution in [3.63, 3.8) is 0 Å². The molecule has 10 nitrogen and oxygen atoms in total. The van der Waals surface area contributed by atoms with Crippen LogP contribution in [0, 0.1) is 11.8 Å². The largest absolute Gasteiger partial charge is 0.467 e. The van der Waals surface area contributed by atoms with Crippen molar-refractivity contribution in [2.75, 3.05) is 38.4 Å². The number of pyridine rings is 1. The zero-order valence-electron chi connectivity index (χ0n) is 23.3. The van der Waals surface area contributed by atoms with Gasteiger partial charge in [0.25, 0.3) is 5.91 Å². The molecule has 0 fully saturated rings. The van der Waals surface area contributed by atoms with Gasteiger partial charge >= 0.3 is 12.2 Å². The number of halogens is 4. The van der Waals surface area contributed by atoms with E-state index in [0.29, 0.717) is 49.0 Å². The average molecular weight is 621 g/mol. The third-order valence-corrected chi connectivity index (χ3v) is 8.70. The molecule has 0 saturated carbocycles. The van der Waals surface area contributed by atoms with Gasteiger partial charge in [0.15, 0.2) is 5.69 Å². The molecule has 1 unspecified atom stereocenters. The highest BCUT2D eigenvalue weighted by Gasteiger charge is 2.41. The lowest BCUT2D eigenvalue weighted by atomic mass is 9.97. The zero-order valence-corrected chi connectivity index (χ0v) is 24.9. The molecule has 2 N–H and O–H groups in total. The minimum absolute atomic E-state index is 0.0195. The molecule has 0 bridgehead atoms. The summed E-state index contributed by atoms with van der Waals surface area (Å²) in [6.07, 6.45) is -3.79. The van der Waals surface area contributed by atoms with E-state index in [2.05, 4.69) is 31.9 Å². The molecule has 5 rings (SSSR count). The summed E-state index contributed by atoms with van der Waals surface area (Å²) in [6, 6.07) is 1.38. The van der Waals surface area contributed by atoms with E-state index in [1.165, 1.54) is 36.8 Å². The summed E-state index contributed by atoms with van der Waals surface area (Å²) in [4.78, 5) is 29.1. The van der Waals surface area contributed by atoms with Gasteiger partial charge in [0.2, 0.25) is 0 Å². The lowest BCUT2D eigenvalue weighted by molar-refractivity contribution is -0.138. The van der Waals surface area contributed by atoms with Crippen molar-refractivity contribution < 1.29 is 22.7 Å². The van der Waals surface area contributed by atoms with Crippen molar-refractivity contribution in [3.8, 4) is 17.9 Å². The van der Waals surface area contributed by atoms with E-state index in [1.807, 2.05) is 4.90 Å². The van der Waals surface area contributed by atoms with Gasteiger partial charge in [0.1, 0.15) is 17.3 Å². The normalized spacial score (nSPS) is 16.6. The van der Waals surface area contributed by atoms with E-state index < -0.39 is 22.7 Å². The predicted octanol–water partition coefficient (Wildman–Crippen LogP) is 4.35. The second-order valence-corrected chi connectivity index (χ2v) is 11.6. The van der Waals surface area contributed by atoms with E-state index in [9.17, 15) is 18.0 Å². The minimum Gasteiger partial charge on any atom is -0.467 e. The van der Waals surface area contributed by atoms with Gasteiger partial charge in [-0.05, 0) is 30.9 Å². The number of methoxy groups -OCH3 is 1. The molecule has 3 aromatic heterocycles. The number of fused-ring (bicyclic) bond motifs is 2. The fourth-order valence-corrected chi connectivity index (χ4v) is 6.72.